The lowest BCUT2D eigenvalue weighted by molar-refractivity contribution is -0.123. The first-order valence-electron chi connectivity index (χ1n) is 2.31. The number of aliphatic hydroxyl groups is 1. The van der Waals surface area contributed by atoms with Crippen molar-refractivity contribution in [2.24, 2.45) is 0 Å². The molecule has 3 N–H and O–H groups in total. The summed E-state index contributed by atoms with van der Waals surface area (Å²) >= 11 is 0. The van der Waals surface area contributed by atoms with Crippen LogP contribution in [0, 0.1) is 0 Å². The molecule has 0 saturated carbocycles. The summed E-state index contributed by atoms with van der Waals surface area (Å²) in [6.07, 6.45) is -0.360. The molecule has 0 bridgehead atoms. The Balaban J connectivity index is 2.68. The Morgan fingerprint density at radius 1 is 1.78 bits per heavy atom. The van der Waals surface area contributed by atoms with E-state index in [0.29, 0.717) is 0 Å². The molecule has 0 aromatic rings. The van der Waals surface area contributed by atoms with E-state index in [4.69, 9.17) is 5.11 Å². The molecular weight excluding hydrogens is 127 g/mol. The number of nitrogens with one attached hydrogen (secondary N) is 2. The summed E-state index contributed by atoms with van der Waals surface area (Å²) in [5.41, 5.74) is 0. The van der Waals surface area contributed by atoms with Crippen molar-refractivity contribution in [2.75, 3.05) is 0 Å². The summed E-state index contributed by atoms with van der Waals surface area (Å²) in [5, 5.41) is 12.6. The van der Waals surface area contributed by atoms with Crippen molar-refractivity contribution in [3.05, 3.63) is 12.0 Å². The Morgan fingerprint density at radius 3 is 2.89 bits per heavy atom. The number of halogens is 1. The lowest BCUT2D eigenvalue weighted by Gasteiger charge is -2.15. The van der Waals surface area contributed by atoms with Gasteiger partial charge in [-0.05, 0) is 0 Å². The van der Waals surface area contributed by atoms with Gasteiger partial charge in [-0.3, -0.25) is 4.79 Å². The van der Waals surface area contributed by atoms with Crippen LogP contribution < -0.4 is 10.6 Å². The Morgan fingerprint density at radius 2 is 2.44 bits per heavy atom. The van der Waals surface area contributed by atoms with E-state index in [9.17, 15) is 9.18 Å². The van der Waals surface area contributed by atoms with E-state index >= 15 is 0 Å². The molecule has 0 fully saturated rings. The van der Waals surface area contributed by atoms with Gasteiger partial charge in [0.2, 0.25) is 12.2 Å². The van der Waals surface area contributed by atoms with Crippen molar-refractivity contribution < 1.29 is 14.3 Å². The zero-order chi connectivity index (χ0) is 6.85. The van der Waals surface area contributed by atoms with Crippen molar-refractivity contribution in [2.45, 2.75) is 6.35 Å². The van der Waals surface area contributed by atoms with Gasteiger partial charge in [0.25, 0.3) is 5.91 Å². The van der Waals surface area contributed by atoms with Gasteiger partial charge in [0, 0.05) is 6.20 Å². The maximum atomic E-state index is 12.0. The van der Waals surface area contributed by atoms with Crippen molar-refractivity contribution in [3.63, 3.8) is 0 Å². The Bertz CT molecular complexity index is 168. The number of hydrogen-bond donors (Lipinski definition) is 3. The summed E-state index contributed by atoms with van der Waals surface area (Å²) in [6.45, 7) is 0. The number of aliphatic hydroxyl groups excluding tert-OH is 1. The molecule has 0 radical (unpaired) electrons. The molecule has 1 rings (SSSR count). The van der Waals surface area contributed by atoms with Crippen LogP contribution in [0.3, 0.4) is 0 Å². The fourth-order valence-corrected chi connectivity index (χ4v) is 0.452. The third kappa shape index (κ3) is 1.17. The van der Waals surface area contributed by atoms with E-state index in [2.05, 4.69) is 5.32 Å². The second kappa shape index (κ2) is 2.02. The van der Waals surface area contributed by atoms with E-state index in [0.717, 1.165) is 6.20 Å². The van der Waals surface area contributed by atoms with Crippen LogP contribution in [0.4, 0.5) is 4.39 Å². The highest BCUT2D eigenvalue weighted by Gasteiger charge is 2.16. The van der Waals surface area contributed by atoms with Crippen LogP contribution in [0.15, 0.2) is 12.0 Å². The zero-order valence-corrected chi connectivity index (χ0v) is 4.39. The fourth-order valence-electron chi connectivity index (χ4n) is 0.452. The minimum absolute atomic E-state index is 0.809. The molecule has 0 aliphatic carbocycles. The molecule has 1 unspecified atom stereocenters. The molecule has 1 heterocycles. The van der Waals surface area contributed by atoms with Gasteiger partial charge in [0.15, 0.2) is 0 Å². The maximum absolute atomic E-state index is 12.0. The quantitative estimate of drug-likeness (QED) is 0.387. The molecule has 0 aromatic heterocycles. The molecule has 4 nitrogen and oxygen atoms in total. The van der Waals surface area contributed by atoms with Crippen LogP contribution in [0.5, 0.6) is 0 Å². The average molecular weight is 132 g/mol. The van der Waals surface area contributed by atoms with Crippen LogP contribution >= 0.6 is 0 Å². The smallest absolute Gasteiger partial charge is 0.284 e. The Labute approximate surface area is 50.4 Å². The highest BCUT2D eigenvalue weighted by molar-refractivity contribution is 5.91. The third-order valence-corrected chi connectivity index (χ3v) is 0.853. The largest absolute Gasteiger partial charge is 0.356 e. The van der Waals surface area contributed by atoms with Crippen molar-refractivity contribution >= 4 is 5.91 Å². The average Bonchev–Trinajstić information content (AvgIpc) is 1.80. The van der Waals surface area contributed by atoms with Gasteiger partial charge < -0.3 is 15.7 Å². The van der Waals surface area contributed by atoms with E-state index < -0.39 is 18.1 Å². The van der Waals surface area contributed by atoms with E-state index in [1.54, 1.807) is 0 Å². The zero-order valence-electron chi connectivity index (χ0n) is 4.39. The van der Waals surface area contributed by atoms with E-state index in [1.165, 1.54) is 0 Å². The number of amides is 1. The first-order valence-corrected chi connectivity index (χ1v) is 2.31. The highest BCUT2D eigenvalue weighted by atomic mass is 19.1. The Kier molecular flexibility index (Phi) is 1.35. The minimum Gasteiger partial charge on any atom is -0.356 e. The maximum Gasteiger partial charge on any atom is 0.284 e. The molecule has 1 atom stereocenters. The van der Waals surface area contributed by atoms with Gasteiger partial charge in [-0.25, -0.2) is 0 Å². The van der Waals surface area contributed by atoms with Crippen molar-refractivity contribution in [3.8, 4) is 0 Å². The van der Waals surface area contributed by atoms with Crippen LogP contribution in [0.2, 0.25) is 0 Å². The lowest BCUT2D eigenvalue weighted by atomic mass is 10.4. The van der Waals surface area contributed by atoms with Gasteiger partial charge in [-0.1, -0.05) is 0 Å². The van der Waals surface area contributed by atoms with Gasteiger partial charge in [-0.2, -0.15) is 4.39 Å². The topological polar surface area (TPSA) is 61.4 Å². The summed E-state index contributed by atoms with van der Waals surface area (Å²) in [5.74, 6) is -1.83. The van der Waals surface area contributed by atoms with Gasteiger partial charge >= 0.3 is 0 Å². The molecule has 9 heavy (non-hydrogen) atoms. The third-order valence-electron chi connectivity index (χ3n) is 0.853. The normalized spacial score (nSPS) is 26.2. The molecular formula is C4H5FN2O2. The minimum atomic E-state index is -1.17. The second-order valence-electron chi connectivity index (χ2n) is 1.53. The second-order valence-corrected chi connectivity index (χ2v) is 1.53. The standard InChI is InChI=1S/C4H5FN2O2/c5-2-1-6-4(9)7-3(2)8/h1,4,6,9H,(H,7,8). The number of hydrogen-bond acceptors (Lipinski definition) is 3. The van der Waals surface area contributed by atoms with Crippen LogP contribution in [0.25, 0.3) is 0 Å². The molecule has 1 aliphatic rings. The molecule has 5 heteroatoms. The van der Waals surface area contributed by atoms with Crippen LogP contribution in [-0.4, -0.2) is 17.4 Å². The van der Waals surface area contributed by atoms with Crippen LogP contribution in [-0.2, 0) is 4.79 Å². The van der Waals surface area contributed by atoms with E-state index in [-0.39, 0.29) is 0 Å². The summed E-state index contributed by atoms with van der Waals surface area (Å²) in [7, 11) is 0. The predicted octanol–water partition coefficient (Wildman–Crippen LogP) is -1.21. The first-order chi connectivity index (χ1) is 4.20. The lowest BCUT2D eigenvalue weighted by Crippen LogP contribution is -2.47. The number of carbonyl (C=O) groups is 1. The Hall–Kier alpha value is -1.10. The van der Waals surface area contributed by atoms with Gasteiger partial charge in [-0.15, -0.1) is 0 Å². The van der Waals surface area contributed by atoms with Crippen molar-refractivity contribution in [1.82, 2.24) is 10.6 Å². The van der Waals surface area contributed by atoms with Gasteiger partial charge in [0.1, 0.15) is 0 Å². The first kappa shape index (κ1) is 6.03. The summed E-state index contributed by atoms with van der Waals surface area (Å²) in [6, 6.07) is 0. The summed E-state index contributed by atoms with van der Waals surface area (Å²) in [4.78, 5) is 10.3. The number of carbonyl (C=O) groups excluding carboxylic acids is 1. The fraction of sp³-hybridized carbons (Fsp3) is 0.250. The number of rotatable bonds is 0. The van der Waals surface area contributed by atoms with Crippen LogP contribution in [0.1, 0.15) is 0 Å². The monoisotopic (exact) mass is 132 g/mol. The van der Waals surface area contributed by atoms with E-state index in [1.807, 2.05) is 5.32 Å². The molecule has 0 saturated heterocycles. The van der Waals surface area contributed by atoms with Gasteiger partial charge in [0.05, 0.1) is 0 Å². The molecule has 50 valence electrons. The summed E-state index contributed by atoms with van der Waals surface area (Å²) < 4.78 is 12.0. The molecule has 1 aliphatic heterocycles. The molecule has 0 aromatic carbocycles. The predicted molar refractivity (Wildman–Crippen MR) is 26.5 cm³/mol. The molecule has 0 spiro atoms. The highest BCUT2D eigenvalue weighted by Crippen LogP contribution is 1.97. The SMILES string of the molecule is O=C1NC(O)NC=C1F. The molecule has 1 amide bonds. The van der Waals surface area contributed by atoms with Crippen molar-refractivity contribution in [1.29, 1.82) is 0 Å².